The number of nitrogens with two attached hydrogens (primary N) is 2. The SMILES string of the molecule is Nc1ccc(Oc2cc3c(cn2)nc(-c2nonc2N)n3-c2ccccc2)cc1. The normalized spacial score (nSPS) is 11.0. The van der Waals surface area contributed by atoms with Crippen LogP contribution in [0.1, 0.15) is 0 Å². The second-order valence-corrected chi connectivity index (χ2v) is 6.29. The molecule has 5 rings (SSSR count). The zero-order valence-electron chi connectivity index (χ0n) is 15.1. The highest BCUT2D eigenvalue weighted by atomic mass is 16.6. The monoisotopic (exact) mass is 385 g/mol. The van der Waals surface area contributed by atoms with Gasteiger partial charge in [-0.25, -0.2) is 14.6 Å². The molecule has 5 aromatic rings. The van der Waals surface area contributed by atoms with E-state index in [1.165, 1.54) is 0 Å². The molecule has 2 aromatic carbocycles. The number of rotatable bonds is 4. The summed E-state index contributed by atoms with van der Waals surface area (Å²) >= 11 is 0. The lowest BCUT2D eigenvalue weighted by atomic mass is 10.3. The van der Waals surface area contributed by atoms with Crippen LogP contribution in [-0.4, -0.2) is 24.8 Å². The molecule has 0 bridgehead atoms. The molecule has 0 unspecified atom stereocenters. The molecule has 3 aromatic heterocycles. The molecular weight excluding hydrogens is 370 g/mol. The maximum absolute atomic E-state index is 5.91. The Morgan fingerprint density at radius 1 is 0.931 bits per heavy atom. The molecule has 0 amide bonds. The minimum absolute atomic E-state index is 0.156. The van der Waals surface area contributed by atoms with Crippen molar-refractivity contribution in [1.29, 1.82) is 0 Å². The van der Waals surface area contributed by atoms with Gasteiger partial charge in [0.25, 0.3) is 0 Å². The highest BCUT2D eigenvalue weighted by Crippen LogP contribution is 2.32. The Hall–Kier alpha value is -4.40. The third-order valence-corrected chi connectivity index (χ3v) is 4.36. The van der Waals surface area contributed by atoms with E-state index in [1.807, 2.05) is 34.9 Å². The Balaban J connectivity index is 1.68. The summed E-state index contributed by atoms with van der Waals surface area (Å²) in [4.78, 5) is 8.99. The Bertz CT molecular complexity index is 1290. The van der Waals surface area contributed by atoms with E-state index in [0.29, 0.717) is 34.4 Å². The van der Waals surface area contributed by atoms with E-state index < -0.39 is 0 Å². The van der Waals surface area contributed by atoms with Crippen LogP contribution in [0, 0.1) is 0 Å². The number of hydrogen-bond donors (Lipinski definition) is 2. The topological polar surface area (TPSA) is 131 Å². The maximum Gasteiger partial charge on any atom is 0.221 e. The number of hydrogen-bond acceptors (Lipinski definition) is 8. The Morgan fingerprint density at radius 2 is 1.72 bits per heavy atom. The van der Waals surface area contributed by atoms with E-state index in [1.54, 1.807) is 36.5 Å². The molecule has 4 N–H and O–H groups in total. The van der Waals surface area contributed by atoms with Crippen molar-refractivity contribution in [2.45, 2.75) is 0 Å². The van der Waals surface area contributed by atoms with Gasteiger partial charge in [0.2, 0.25) is 5.88 Å². The lowest BCUT2D eigenvalue weighted by Gasteiger charge is -2.09. The van der Waals surface area contributed by atoms with Crippen molar-refractivity contribution >= 4 is 22.5 Å². The molecule has 0 radical (unpaired) electrons. The van der Waals surface area contributed by atoms with Crippen LogP contribution in [0.5, 0.6) is 11.6 Å². The van der Waals surface area contributed by atoms with Crippen molar-refractivity contribution in [2.24, 2.45) is 0 Å². The standard InChI is InChI=1S/C20H15N7O2/c21-12-6-8-14(9-7-12)28-17-10-16-15(11-23-17)24-20(18-19(22)26-29-25-18)27(16)13-4-2-1-3-5-13/h1-11H,21H2,(H2,22,26). The van der Waals surface area contributed by atoms with Gasteiger partial charge in [-0.3, -0.25) is 4.57 Å². The van der Waals surface area contributed by atoms with Crippen molar-refractivity contribution < 1.29 is 9.37 Å². The van der Waals surface area contributed by atoms with Gasteiger partial charge in [0, 0.05) is 17.4 Å². The predicted octanol–water partition coefficient (Wildman–Crippen LogP) is 3.43. The van der Waals surface area contributed by atoms with Crippen molar-refractivity contribution in [3.8, 4) is 28.8 Å². The summed E-state index contributed by atoms with van der Waals surface area (Å²) in [6.45, 7) is 0. The first-order valence-electron chi connectivity index (χ1n) is 8.75. The van der Waals surface area contributed by atoms with Gasteiger partial charge < -0.3 is 16.2 Å². The second-order valence-electron chi connectivity index (χ2n) is 6.29. The fourth-order valence-electron chi connectivity index (χ4n) is 3.02. The van der Waals surface area contributed by atoms with Gasteiger partial charge >= 0.3 is 0 Å². The van der Waals surface area contributed by atoms with E-state index in [-0.39, 0.29) is 5.82 Å². The lowest BCUT2D eigenvalue weighted by Crippen LogP contribution is -2.00. The number of aromatic nitrogens is 5. The van der Waals surface area contributed by atoms with Crippen molar-refractivity contribution in [2.75, 3.05) is 11.5 Å². The van der Waals surface area contributed by atoms with Gasteiger partial charge in [0.05, 0.1) is 11.7 Å². The molecule has 9 heteroatoms. The number of imidazole rings is 1. The third-order valence-electron chi connectivity index (χ3n) is 4.36. The average Bonchev–Trinajstić information content (AvgIpc) is 3.33. The van der Waals surface area contributed by atoms with Gasteiger partial charge in [-0.15, -0.1) is 0 Å². The van der Waals surface area contributed by atoms with Crippen LogP contribution < -0.4 is 16.2 Å². The molecule has 0 saturated carbocycles. The average molecular weight is 385 g/mol. The highest BCUT2D eigenvalue weighted by Gasteiger charge is 2.21. The summed E-state index contributed by atoms with van der Waals surface area (Å²) in [6, 6.07) is 18.6. The predicted molar refractivity (Wildman–Crippen MR) is 107 cm³/mol. The zero-order valence-corrected chi connectivity index (χ0v) is 15.1. The summed E-state index contributed by atoms with van der Waals surface area (Å²) in [7, 11) is 0. The van der Waals surface area contributed by atoms with Crippen LogP contribution in [0.2, 0.25) is 0 Å². The van der Waals surface area contributed by atoms with Gasteiger partial charge in [-0.2, -0.15) is 0 Å². The van der Waals surface area contributed by atoms with Gasteiger partial charge in [0.15, 0.2) is 17.3 Å². The van der Waals surface area contributed by atoms with E-state index in [9.17, 15) is 0 Å². The molecule has 9 nitrogen and oxygen atoms in total. The molecule has 29 heavy (non-hydrogen) atoms. The van der Waals surface area contributed by atoms with E-state index in [0.717, 1.165) is 11.2 Å². The van der Waals surface area contributed by atoms with Crippen LogP contribution in [-0.2, 0) is 0 Å². The van der Waals surface area contributed by atoms with Gasteiger partial charge in [-0.1, -0.05) is 18.2 Å². The number of nitrogen functional groups attached to an aromatic ring is 2. The largest absolute Gasteiger partial charge is 0.439 e. The van der Waals surface area contributed by atoms with Crippen molar-refractivity contribution in [3.63, 3.8) is 0 Å². The quantitative estimate of drug-likeness (QED) is 0.450. The molecule has 0 spiro atoms. The molecule has 0 atom stereocenters. The first-order valence-corrected chi connectivity index (χ1v) is 8.75. The van der Waals surface area contributed by atoms with Crippen LogP contribution in [0.15, 0.2) is 71.5 Å². The summed E-state index contributed by atoms with van der Waals surface area (Å²) in [5, 5.41) is 7.57. The number of pyridine rings is 1. The number of benzene rings is 2. The van der Waals surface area contributed by atoms with Gasteiger partial charge in [-0.05, 0) is 46.7 Å². The van der Waals surface area contributed by atoms with Crippen molar-refractivity contribution in [3.05, 3.63) is 66.9 Å². The second kappa shape index (κ2) is 6.64. The van der Waals surface area contributed by atoms with Crippen LogP contribution in [0.25, 0.3) is 28.2 Å². The minimum atomic E-state index is 0.156. The molecule has 0 aliphatic heterocycles. The fourth-order valence-corrected chi connectivity index (χ4v) is 3.02. The van der Waals surface area contributed by atoms with Crippen LogP contribution in [0.3, 0.4) is 0 Å². The summed E-state index contributed by atoms with van der Waals surface area (Å²) in [5.41, 5.74) is 14.9. The molecule has 142 valence electrons. The smallest absolute Gasteiger partial charge is 0.221 e. The van der Waals surface area contributed by atoms with E-state index in [2.05, 4.69) is 20.3 Å². The molecule has 0 fully saturated rings. The third kappa shape index (κ3) is 3.00. The van der Waals surface area contributed by atoms with Crippen molar-refractivity contribution in [1.82, 2.24) is 24.8 Å². The van der Waals surface area contributed by atoms with E-state index in [4.69, 9.17) is 20.8 Å². The maximum atomic E-state index is 5.91. The van der Waals surface area contributed by atoms with Gasteiger partial charge in [0.1, 0.15) is 11.3 Å². The minimum Gasteiger partial charge on any atom is -0.439 e. The summed E-state index contributed by atoms with van der Waals surface area (Å²) in [5.74, 6) is 1.69. The Labute approximate surface area is 164 Å². The number of fused-ring (bicyclic) bond motifs is 1. The summed E-state index contributed by atoms with van der Waals surface area (Å²) in [6.07, 6.45) is 1.63. The van der Waals surface area contributed by atoms with Crippen LogP contribution >= 0.6 is 0 Å². The zero-order chi connectivity index (χ0) is 19.8. The first kappa shape index (κ1) is 16.8. The number of ether oxygens (including phenoxy) is 1. The van der Waals surface area contributed by atoms with Crippen LogP contribution in [0.4, 0.5) is 11.5 Å². The lowest BCUT2D eigenvalue weighted by molar-refractivity contribution is 0.310. The Morgan fingerprint density at radius 3 is 2.45 bits per heavy atom. The summed E-state index contributed by atoms with van der Waals surface area (Å²) < 4.78 is 12.6. The first-order chi connectivity index (χ1) is 14.2. The Kier molecular flexibility index (Phi) is 3.84. The highest BCUT2D eigenvalue weighted by molar-refractivity contribution is 5.84. The number of nitrogens with zero attached hydrogens (tertiary/aromatic N) is 5. The molecule has 0 aliphatic rings. The van der Waals surface area contributed by atoms with E-state index >= 15 is 0 Å². The molecular formula is C20H15N7O2. The number of para-hydroxylation sites is 1. The molecule has 0 aliphatic carbocycles. The molecule has 0 saturated heterocycles. The fraction of sp³-hybridized carbons (Fsp3) is 0. The number of anilines is 2. The molecule has 3 heterocycles.